The standard InChI is InChI=1S/C13H15NO4S2/c15-9-12-8-13(10-19-12)20(16,17)14-6-7-18-11-4-2-1-3-5-11/h1-5,8,10,14-15H,6-7,9H2. The molecular weight excluding hydrogens is 298 g/mol. The zero-order valence-corrected chi connectivity index (χ0v) is 12.3. The van der Waals surface area contributed by atoms with Crippen LogP contribution < -0.4 is 9.46 Å². The lowest BCUT2D eigenvalue weighted by molar-refractivity contribution is 0.285. The summed E-state index contributed by atoms with van der Waals surface area (Å²) in [5.74, 6) is 0.699. The van der Waals surface area contributed by atoms with Crippen LogP contribution in [-0.4, -0.2) is 26.7 Å². The molecule has 7 heteroatoms. The predicted molar refractivity (Wildman–Crippen MR) is 77.4 cm³/mol. The molecule has 0 aliphatic heterocycles. The van der Waals surface area contributed by atoms with Gasteiger partial charge in [-0.15, -0.1) is 11.3 Å². The first-order valence-corrected chi connectivity index (χ1v) is 8.34. The Morgan fingerprint density at radius 2 is 2.00 bits per heavy atom. The first-order chi connectivity index (χ1) is 9.62. The van der Waals surface area contributed by atoms with Crippen LogP contribution in [0.15, 0.2) is 46.7 Å². The van der Waals surface area contributed by atoms with E-state index in [1.54, 1.807) is 12.1 Å². The van der Waals surface area contributed by atoms with E-state index >= 15 is 0 Å². The molecule has 2 N–H and O–H groups in total. The fourth-order valence-electron chi connectivity index (χ4n) is 1.53. The molecule has 0 bridgehead atoms. The Balaban J connectivity index is 1.84. The monoisotopic (exact) mass is 313 g/mol. The third kappa shape index (κ3) is 4.04. The second-order valence-corrected chi connectivity index (χ2v) is 6.73. The van der Waals surface area contributed by atoms with E-state index in [0.29, 0.717) is 10.6 Å². The van der Waals surface area contributed by atoms with Crippen LogP contribution in [0.25, 0.3) is 0 Å². The molecular formula is C13H15NO4S2. The molecule has 0 radical (unpaired) electrons. The van der Waals surface area contributed by atoms with Gasteiger partial charge in [-0.25, -0.2) is 13.1 Å². The maximum absolute atomic E-state index is 11.9. The van der Waals surface area contributed by atoms with Gasteiger partial charge in [0.05, 0.1) is 11.5 Å². The molecule has 108 valence electrons. The molecule has 0 aliphatic carbocycles. The summed E-state index contributed by atoms with van der Waals surface area (Å²) in [6.07, 6.45) is 0. The summed E-state index contributed by atoms with van der Waals surface area (Å²) in [5, 5.41) is 10.4. The summed E-state index contributed by atoms with van der Waals surface area (Å²) in [6, 6.07) is 10.7. The highest BCUT2D eigenvalue weighted by atomic mass is 32.2. The van der Waals surface area contributed by atoms with Gasteiger partial charge in [0.25, 0.3) is 0 Å². The second-order valence-electron chi connectivity index (χ2n) is 3.97. The number of rotatable bonds is 7. The minimum absolute atomic E-state index is 0.155. The Bertz CT molecular complexity index is 637. The molecule has 0 amide bonds. The van der Waals surface area contributed by atoms with Crippen molar-refractivity contribution in [2.45, 2.75) is 11.5 Å². The topological polar surface area (TPSA) is 75.6 Å². The fraction of sp³-hybridized carbons (Fsp3) is 0.231. The van der Waals surface area contributed by atoms with Crippen molar-refractivity contribution in [2.24, 2.45) is 0 Å². The van der Waals surface area contributed by atoms with Crippen LogP contribution >= 0.6 is 11.3 Å². The van der Waals surface area contributed by atoms with E-state index in [2.05, 4.69) is 4.72 Å². The normalized spacial score (nSPS) is 11.4. The molecule has 20 heavy (non-hydrogen) atoms. The molecule has 2 aromatic rings. The SMILES string of the molecule is O=S(=O)(NCCOc1ccccc1)c1csc(CO)c1. The quantitative estimate of drug-likeness (QED) is 0.761. The molecule has 0 saturated carbocycles. The number of para-hydroxylation sites is 1. The van der Waals surface area contributed by atoms with Gasteiger partial charge in [-0.1, -0.05) is 18.2 Å². The summed E-state index contributed by atoms with van der Waals surface area (Å²) >= 11 is 1.21. The number of ether oxygens (including phenoxy) is 1. The largest absolute Gasteiger partial charge is 0.492 e. The number of aliphatic hydroxyl groups excluding tert-OH is 1. The second kappa shape index (κ2) is 6.85. The molecule has 2 rings (SSSR count). The van der Waals surface area contributed by atoms with E-state index in [0.717, 1.165) is 0 Å². The number of sulfonamides is 1. The van der Waals surface area contributed by atoms with Crippen LogP contribution in [0, 0.1) is 0 Å². The van der Waals surface area contributed by atoms with Gasteiger partial charge in [-0.05, 0) is 18.2 Å². The van der Waals surface area contributed by atoms with E-state index in [-0.39, 0.29) is 24.7 Å². The molecule has 0 atom stereocenters. The Labute approximate surface area is 121 Å². The van der Waals surface area contributed by atoms with Gasteiger partial charge in [0.15, 0.2) is 0 Å². The van der Waals surface area contributed by atoms with Crippen molar-refractivity contribution in [3.8, 4) is 5.75 Å². The summed E-state index contributed by atoms with van der Waals surface area (Å²) in [5.41, 5.74) is 0. The summed E-state index contributed by atoms with van der Waals surface area (Å²) in [7, 11) is -3.53. The van der Waals surface area contributed by atoms with Crippen LogP contribution in [0.2, 0.25) is 0 Å². The third-order valence-electron chi connectivity index (χ3n) is 2.50. The number of thiophene rings is 1. The maximum Gasteiger partial charge on any atom is 0.241 e. The van der Waals surface area contributed by atoms with E-state index < -0.39 is 10.0 Å². The van der Waals surface area contributed by atoms with Crippen LogP contribution in [0.3, 0.4) is 0 Å². The Kier molecular flexibility index (Phi) is 5.13. The van der Waals surface area contributed by atoms with Crippen molar-refractivity contribution in [1.29, 1.82) is 0 Å². The lowest BCUT2D eigenvalue weighted by Gasteiger charge is -2.07. The van der Waals surface area contributed by atoms with Crippen molar-refractivity contribution in [3.05, 3.63) is 46.7 Å². The van der Waals surface area contributed by atoms with Crippen LogP contribution in [0.5, 0.6) is 5.75 Å². The van der Waals surface area contributed by atoms with Gasteiger partial charge >= 0.3 is 0 Å². The molecule has 0 saturated heterocycles. The van der Waals surface area contributed by atoms with Gasteiger partial charge in [-0.3, -0.25) is 0 Å². The van der Waals surface area contributed by atoms with Gasteiger partial charge in [0, 0.05) is 16.8 Å². The van der Waals surface area contributed by atoms with E-state index in [4.69, 9.17) is 9.84 Å². The van der Waals surface area contributed by atoms with Crippen molar-refractivity contribution in [3.63, 3.8) is 0 Å². The lowest BCUT2D eigenvalue weighted by atomic mass is 10.3. The maximum atomic E-state index is 11.9. The zero-order chi connectivity index (χ0) is 14.4. The van der Waals surface area contributed by atoms with Crippen molar-refractivity contribution >= 4 is 21.4 Å². The minimum atomic E-state index is -3.53. The molecule has 1 aromatic heterocycles. The van der Waals surface area contributed by atoms with E-state index in [9.17, 15) is 8.42 Å². The summed E-state index contributed by atoms with van der Waals surface area (Å²) in [6.45, 7) is 0.277. The number of benzene rings is 1. The summed E-state index contributed by atoms with van der Waals surface area (Å²) < 4.78 is 31.7. The van der Waals surface area contributed by atoms with Gasteiger partial charge in [0.2, 0.25) is 10.0 Å². The van der Waals surface area contributed by atoms with Gasteiger partial charge in [-0.2, -0.15) is 0 Å². The van der Waals surface area contributed by atoms with E-state index in [1.807, 2.05) is 18.2 Å². The highest BCUT2D eigenvalue weighted by Crippen LogP contribution is 2.18. The fourth-order valence-corrected chi connectivity index (χ4v) is 3.68. The average Bonchev–Trinajstić information content (AvgIpc) is 2.95. The first kappa shape index (κ1) is 15.0. The van der Waals surface area contributed by atoms with Gasteiger partial charge < -0.3 is 9.84 Å². The highest BCUT2D eigenvalue weighted by molar-refractivity contribution is 7.89. The van der Waals surface area contributed by atoms with Crippen molar-refractivity contribution in [2.75, 3.05) is 13.2 Å². The van der Waals surface area contributed by atoms with E-state index in [1.165, 1.54) is 22.8 Å². The smallest absolute Gasteiger partial charge is 0.241 e. The minimum Gasteiger partial charge on any atom is -0.492 e. The number of hydrogen-bond acceptors (Lipinski definition) is 5. The molecule has 0 aliphatic rings. The molecule has 5 nitrogen and oxygen atoms in total. The van der Waals surface area contributed by atoms with Crippen LogP contribution in [-0.2, 0) is 16.6 Å². The Hall–Kier alpha value is -1.41. The number of hydrogen-bond donors (Lipinski definition) is 2. The molecule has 1 aromatic carbocycles. The number of nitrogens with one attached hydrogen (secondary N) is 1. The highest BCUT2D eigenvalue weighted by Gasteiger charge is 2.15. The molecule has 1 heterocycles. The average molecular weight is 313 g/mol. The summed E-state index contributed by atoms with van der Waals surface area (Å²) in [4.78, 5) is 0.789. The molecule has 0 spiro atoms. The molecule has 0 fully saturated rings. The van der Waals surface area contributed by atoms with Crippen LogP contribution in [0.4, 0.5) is 0 Å². The van der Waals surface area contributed by atoms with Gasteiger partial charge in [0.1, 0.15) is 12.4 Å². The molecule has 0 unspecified atom stereocenters. The number of aliphatic hydroxyl groups is 1. The van der Waals surface area contributed by atoms with Crippen molar-refractivity contribution in [1.82, 2.24) is 4.72 Å². The zero-order valence-electron chi connectivity index (χ0n) is 10.7. The third-order valence-corrected chi connectivity index (χ3v) is 5.01. The Morgan fingerprint density at radius 1 is 1.25 bits per heavy atom. The predicted octanol–water partition coefficient (Wildman–Crippen LogP) is 1.60. The van der Waals surface area contributed by atoms with Crippen molar-refractivity contribution < 1.29 is 18.3 Å². The van der Waals surface area contributed by atoms with Crippen LogP contribution in [0.1, 0.15) is 4.88 Å². The lowest BCUT2D eigenvalue weighted by Crippen LogP contribution is -2.28. The Morgan fingerprint density at radius 3 is 2.65 bits per heavy atom. The first-order valence-electron chi connectivity index (χ1n) is 5.97.